The largest absolute Gasteiger partial charge is 0.465 e. The summed E-state index contributed by atoms with van der Waals surface area (Å²) in [5.41, 5.74) is 1.42. The molecule has 3 aliphatic heterocycles. The number of hydrogen-bond acceptors (Lipinski definition) is 6. The maximum absolute atomic E-state index is 13.2. The molecule has 3 saturated heterocycles. The molecule has 1 aromatic heterocycles. The zero-order valence-electron chi connectivity index (χ0n) is 15.4. The Bertz CT molecular complexity index is 803. The summed E-state index contributed by atoms with van der Waals surface area (Å²) < 4.78 is 10.9. The maximum Gasteiger partial charge on any atom is 0.341 e. The molecule has 0 N–H and O–H groups in total. The van der Waals surface area contributed by atoms with Crippen molar-refractivity contribution >= 4 is 34.1 Å². The van der Waals surface area contributed by atoms with E-state index in [1.165, 1.54) is 29.8 Å². The molecule has 144 valence electrons. The molecule has 2 amide bonds. The summed E-state index contributed by atoms with van der Waals surface area (Å²) in [6.45, 7) is 0. The Morgan fingerprint density at radius 1 is 1.04 bits per heavy atom. The van der Waals surface area contributed by atoms with Crippen molar-refractivity contribution in [2.24, 2.45) is 11.8 Å². The lowest BCUT2D eigenvalue weighted by Crippen LogP contribution is -2.34. The first kappa shape index (κ1) is 17.4. The van der Waals surface area contributed by atoms with E-state index in [4.69, 9.17) is 9.47 Å². The van der Waals surface area contributed by atoms with Crippen molar-refractivity contribution in [3.8, 4) is 0 Å². The molecular formula is C20H23NO5S. The van der Waals surface area contributed by atoms with Crippen LogP contribution in [0.5, 0.6) is 0 Å². The van der Waals surface area contributed by atoms with Crippen LogP contribution >= 0.6 is 11.3 Å². The highest BCUT2D eigenvalue weighted by Gasteiger charge is 2.63. The molecule has 6 nitrogen and oxygen atoms in total. The van der Waals surface area contributed by atoms with Crippen molar-refractivity contribution in [1.82, 2.24) is 0 Å². The van der Waals surface area contributed by atoms with Crippen molar-refractivity contribution in [2.75, 3.05) is 12.0 Å². The quantitative estimate of drug-likeness (QED) is 0.574. The van der Waals surface area contributed by atoms with Crippen molar-refractivity contribution in [1.29, 1.82) is 0 Å². The smallest absolute Gasteiger partial charge is 0.341 e. The monoisotopic (exact) mass is 389 g/mol. The minimum Gasteiger partial charge on any atom is -0.465 e. The third-order valence-corrected chi connectivity index (χ3v) is 7.81. The molecule has 2 bridgehead atoms. The van der Waals surface area contributed by atoms with E-state index in [0.717, 1.165) is 55.4 Å². The second-order valence-corrected chi connectivity index (χ2v) is 9.03. The van der Waals surface area contributed by atoms with Gasteiger partial charge in [-0.1, -0.05) is 12.8 Å². The number of carbonyl (C=O) groups excluding carboxylic acids is 3. The molecule has 0 aromatic carbocycles. The van der Waals surface area contributed by atoms with Gasteiger partial charge in [-0.3, -0.25) is 9.59 Å². The fourth-order valence-corrected chi connectivity index (χ4v) is 6.67. The van der Waals surface area contributed by atoms with E-state index in [2.05, 4.69) is 0 Å². The van der Waals surface area contributed by atoms with E-state index in [0.29, 0.717) is 10.6 Å². The molecule has 4 heterocycles. The zero-order chi connectivity index (χ0) is 18.7. The number of carbonyl (C=O) groups is 3. The number of aryl methyl sites for hydroxylation is 1. The number of esters is 1. The Labute approximate surface area is 161 Å². The van der Waals surface area contributed by atoms with Gasteiger partial charge in [-0.05, 0) is 44.1 Å². The van der Waals surface area contributed by atoms with Gasteiger partial charge < -0.3 is 9.47 Å². The summed E-state index contributed by atoms with van der Waals surface area (Å²) in [5.74, 6) is -1.61. The number of thiophene rings is 1. The molecular weight excluding hydrogens is 366 g/mol. The predicted octanol–water partition coefficient (Wildman–Crippen LogP) is 2.86. The lowest BCUT2D eigenvalue weighted by atomic mass is 9.81. The van der Waals surface area contributed by atoms with Crippen molar-refractivity contribution < 1.29 is 23.9 Å². The SMILES string of the molecule is COC(=O)c1c(N2C(=O)[C@@H]3[C@H](C2=O)[C@H]2CC[C@H]3O2)sc2c1CCCCCC2. The lowest BCUT2D eigenvalue weighted by Gasteiger charge is -2.17. The molecule has 1 aliphatic carbocycles. The molecule has 0 unspecified atom stereocenters. The number of nitrogens with zero attached hydrogens (tertiary/aromatic N) is 1. The average molecular weight is 389 g/mol. The third-order valence-electron chi connectivity index (χ3n) is 6.53. The van der Waals surface area contributed by atoms with Crippen LogP contribution in [0.1, 0.15) is 59.3 Å². The van der Waals surface area contributed by atoms with Crippen LogP contribution < -0.4 is 4.90 Å². The van der Waals surface area contributed by atoms with Gasteiger partial charge in [0.05, 0.1) is 36.7 Å². The van der Waals surface area contributed by atoms with Crippen LogP contribution in [0.15, 0.2) is 0 Å². The summed E-state index contributed by atoms with van der Waals surface area (Å²) in [5, 5.41) is 0.484. The van der Waals surface area contributed by atoms with Crippen LogP contribution in [0.25, 0.3) is 0 Å². The minimum atomic E-state index is -0.444. The van der Waals surface area contributed by atoms with Gasteiger partial charge in [0.2, 0.25) is 11.8 Å². The Morgan fingerprint density at radius 3 is 2.30 bits per heavy atom. The van der Waals surface area contributed by atoms with E-state index >= 15 is 0 Å². The lowest BCUT2D eigenvalue weighted by molar-refractivity contribution is -0.124. The summed E-state index contributed by atoms with van der Waals surface area (Å²) in [6.07, 6.45) is 7.46. The molecule has 0 radical (unpaired) electrons. The fourth-order valence-electron chi connectivity index (χ4n) is 5.29. The molecule has 1 aromatic rings. The molecule has 4 aliphatic rings. The number of rotatable bonds is 2. The highest BCUT2D eigenvalue weighted by atomic mass is 32.1. The van der Waals surface area contributed by atoms with E-state index in [1.807, 2.05) is 0 Å². The first-order chi connectivity index (χ1) is 13.1. The van der Waals surface area contributed by atoms with Crippen LogP contribution in [-0.4, -0.2) is 37.1 Å². The van der Waals surface area contributed by atoms with E-state index in [-0.39, 0.29) is 35.9 Å². The van der Waals surface area contributed by atoms with E-state index in [1.54, 1.807) is 0 Å². The molecule has 27 heavy (non-hydrogen) atoms. The number of ether oxygens (including phenoxy) is 2. The number of imide groups is 1. The Balaban J connectivity index is 1.60. The topological polar surface area (TPSA) is 72.9 Å². The van der Waals surface area contributed by atoms with Gasteiger partial charge in [0.1, 0.15) is 5.00 Å². The normalized spacial score (nSPS) is 32.3. The van der Waals surface area contributed by atoms with Gasteiger partial charge in [-0.25, -0.2) is 9.69 Å². The van der Waals surface area contributed by atoms with Crippen molar-refractivity contribution in [3.63, 3.8) is 0 Å². The Kier molecular flexibility index (Phi) is 4.13. The number of fused-ring (bicyclic) bond motifs is 6. The molecule has 0 saturated carbocycles. The van der Waals surface area contributed by atoms with Crippen molar-refractivity contribution in [2.45, 2.75) is 63.6 Å². The molecule has 4 atom stereocenters. The van der Waals surface area contributed by atoms with E-state index < -0.39 is 5.97 Å². The van der Waals surface area contributed by atoms with Gasteiger partial charge >= 0.3 is 5.97 Å². The second-order valence-electron chi connectivity index (χ2n) is 7.94. The number of hydrogen-bond donors (Lipinski definition) is 0. The van der Waals surface area contributed by atoms with Gasteiger partial charge in [0, 0.05) is 4.88 Å². The van der Waals surface area contributed by atoms with Crippen LogP contribution in [-0.2, 0) is 31.9 Å². The minimum absolute atomic E-state index is 0.149. The molecule has 5 rings (SSSR count). The zero-order valence-corrected chi connectivity index (χ0v) is 16.2. The van der Waals surface area contributed by atoms with Crippen LogP contribution in [0, 0.1) is 11.8 Å². The maximum atomic E-state index is 13.2. The van der Waals surface area contributed by atoms with Crippen LogP contribution in [0.2, 0.25) is 0 Å². The molecule has 0 spiro atoms. The number of anilines is 1. The van der Waals surface area contributed by atoms with Gasteiger partial charge in [0.25, 0.3) is 0 Å². The average Bonchev–Trinajstić information content (AvgIpc) is 3.38. The third kappa shape index (κ3) is 2.44. The fraction of sp³-hybridized carbons (Fsp3) is 0.650. The first-order valence-corrected chi connectivity index (χ1v) is 10.7. The Hall–Kier alpha value is -1.73. The summed E-state index contributed by atoms with van der Waals surface area (Å²) in [7, 11) is 1.36. The summed E-state index contributed by atoms with van der Waals surface area (Å²) in [4.78, 5) is 41.4. The predicted molar refractivity (Wildman–Crippen MR) is 98.9 cm³/mol. The highest BCUT2D eigenvalue weighted by molar-refractivity contribution is 7.17. The standard InChI is InChI=1S/C20H23NO5S/c1-25-20(24)14-10-6-4-2-3-5-7-13(10)27-19(14)21-17(22)15-11-8-9-12(26-11)16(15)18(21)23/h11-12,15-16H,2-9H2,1H3/t11-,12-,15-,16+/m1/s1. The summed E-state index contributed by atoms with van der Waals surface area (Å²) in [6, 6.07) is 0. The van der Waals surface area contributed by atoms with Crippen LogP contribution in [0.4, 0.5) is 5.00 Å². The van der Waals surface area contributed by atoms with Crippen molar-refractivity contribution in [3.05, 3.63) is 16.0 Å². The Morgan fingerprint density at radius 2 is 1.67 bits per heavy atom. The van der Waals surface area contributed by atoms with Gasteiger partial charge in [-0.15, -0.1) is 11.3 Å². The highest BCUT2D eigenvalue weighted by Crippen LogP contribution is 2.51. The summed E-state index contributed by atoms with van der Waals surface area (Å²) >= 11 is 1.44. The van der Waals surface area contributed by atoms with Gasteiger partial charge in [-0.2, -0.15) is 0 Å². The molecule has 3 fully saturated rings. The first-order valence-electron chi connectivity index (χ1n) is 9.88. The van der Waals surface area contributed by atoms with Crippen LogP contribution in [0.3, 0.4) is 0 Å². The van der Waals surface area contributed by atoms with Gasteiger partial charge in [0.15, 0.2) is 0 Å². The number of amides is 2. The molecule has 7 heteroatoms. The van der Waals surface area contributed by atoms with E-state index in [9.17, 15) is 14.4 Å². The number of methoxy groups -OCH3 is 1. The second kappa shape index (κ2) is 6.41.